The Morgan fingerprint density at radius 3 is 2.33 bits per heavy atom. The molecule has 2 aromatic heterocycles. The second kappa shape index (κ2) is 9.19. The summed E-state index contributed by atoms with van der Waals surface area (Å²) in [6, 6.07) is 7.11. The number of hydrogen-bond acceptors (Lipinski definition) is 6. The van der Waals surface area contributed by atoms with E-state index in [0.717, 1.165) is 0 Å². The number of ether oxygens (including phenoxy) is 3. The minimum absolute atomic E-state index is 0.00248. The fraction of sp³-hybridized carbons (Fsp3) is 0.381. The van der Waals surface area contributed by atoms with Crippen molar-refractivity contribution in [1.82, 2.24) is 14.8 Å². The van der Waals surface area contributed by atoms with Crippen LogP contribution < -0.4 is 4.74 Å². The molecule has 160 valence electrons. The number of fused-ring (bicyclic) bond motifs is 1. The maximum absolute atomic E-state index is 13.4. The lowest BCUT2D eigenvalue weighted by Gasteiger charge is -2.19. The Hall–Kier alpha value is -3.04. The zero-order chi connectivity index (χ0) is 21.8. The van der Waals surface area contributed by atoms with Crippen LogP contribution in [0.15, 0.2) is 30.3 Å². The minimum atomic E-state index is -1.20. The standard InChI is InChI=1S/C21H24FN3O5/c1-12(2)19-18-17(30-15(10-28-3)11-29-4)9-16(21(26)27)23-20(18)25(24-19)14-7-5-13(22)6-8-14/h5-9,12,15H,10-11H2,1-4H3,(H,26,27). The average Bonchev–Trinajstić information content (AvgIpc) is 3.09. The van der Waals surface area contributed by atoms with Crippen LogP contribution in [0.2, 0.25) is 0 Å². The van der Waals surface area contributed by atoms with Crippen molar-refractivity contribution in [2.24, 2.45) is 0 Å². The second-order valence-corrected chi connectivity index (χ2v) is 7.09. The Kier molecular flexibility index (Phi) is 6.63. The van der Waals surface area contributed by atoms with Gasteiger partial charge in [0.15, 0.2) is 11.3 Å². The van der Waals surface area contributed by atoms with Crippen LogP contribution in [0.5, 0.6) is 5.75 Å². The molecule has 2 heterocycles. The molecular weight excluding hydrogens is 393 g/mol. The molecule has 1 aromatic carbocycles. The largest absolute Gasteiger partial charge is 0.485 e. The van der Waals surface area contributed by atoms with E-state index >= 15 is 0 Å². The monoisotopic (exact) mass is 417 g/mol. The third-order valence-corrected chi connectivity index (χ3v) is 4.46. The number of rotatable bonds is 9. The fourth-order valence-electron chi connectivity index (χ4n) is 3.14. The van der Waals surface area contributed by atoms with E-state index in [-0.39, 0.29) is 30.6 Å². The van der Waals surface area contributed by atoms with Crippen LogP contribution in [0, 0.1) is 5.82 Å². The number of pyridine rings is 1. The second-order valence-electron chi connectivity index (χ2n) is 7.09. The van der Waals surface area contributed by atoms with Gasteiger partial charge in [0.25, 0.3) is 0 Å². The molecule has 0 unspecified atom stereocenters. The van der Waals surface area contributed by atoms with E-state index in [1.165, 1.54) is 22.9 Å². The summed E-state index contributed by atoms with van der Waals surface area (Å²) >= 11 is 0. The Balaban J connectivity index is 2.26. The molecule has 0 aliphatic carbocycles. The zero-order valence-electron chi connectivity index (χ0n) is 17.3. The van der Waals surface area contributed by atoms with Crippen molar-refractivity contribution in [1.29, 1.82) is 0 Å². The van der Waals surface area contributed by atoms with Gasteiger partial charge in [0.2, 0.25) is 0 Å². The van der Waals surface area contributed by atoms with Crippen LogP contribution in [0.4, 0.5) is 4.39 Å². The predicted octanol–water partition coefficient (Wildman–Crippen LogP) is 3.42. The molecule has 0 spiro atoms. The highest BCUT2D eigenvalue weighted by Gasteiger charge is 2.24. The first kappa shape index (κ1) is 21.7. The quantitative estimate of drug-likeness (QED) is 0.570. The van der Waals surface area contributed by atoms with Crippen molar-refractivity contribution in [3.8, 4) is 11.4 Å². The topological polar surface area (TPSA) is 95.7 Å². The number of carboxylic acid groups (broad SMARTS) is 1. The lowest BCUT2D eigenvalue weighted by atomic mass is 10.1. The van der Waals surface area contributed by atoms with Crippen LogP contribution in [0.3, 0.4) is 0 Å². The fourth-order valence-corrected chi connectivity index (χ4v) is 3.14. The van der Waals surface area contributed by atoms with Gasteiger partial charge in [0.05, 0.1) is 30.0 Å². The van der Waals surface area contributed by atoms with Gasteiger partial charge >= 0.3 is 5.97 Å². The Morgan fingerprint density at radius 2 is 1.80 bits per heavy atom. The third-order valence-electron chi connectivity index (χ3n) is 4.46. The van der Waals surface area contributed by atoms with E-state index in [0.29, 0.717) is 28.2 Å². The summed E-state index contributed by atoms with van der Waals surface area (Å²) in [7, 11) is 3.09. The molecule has 0 saturated heterocycles. The number of methoxy groups -OCH3 is 2. The van der Waals surface area contributed by atoms with Crippen molar-refractivity contribution in [3.63, 3.8) is 0 Å². The molecular formula is C21H24FN3O5. The smallest absolute Gasteiger partial charge is 0.354 e. The van der Waals surface area contributed by atoms with Crippen LogP contribution in [-0.4, -0.2) is 59.4 Å². The molecule has 0 aliphatic rings. The van der Waals surface area contributed by atoms with Crippen molar-refractivity contribution in [2.75, 3.05) is 27.4 Å². The summed E-state index contributed by atoms with van der Waals surface area (Å²) in [6.45, 7) is 4.44. The van der Waals surface area contributed by atoms with Gasteiger partial charge in [0, 0.05) is 20.3 Å². The Bertz CT molecular complexity index is 1030. The van der Waals surface area contributed by atoms with Crippen LogP contribution in [0.25, 0.3) is 16.7 Å². The molecule has 0 aliphatic heterocycles. The molecule has 0 radical (unpaired) electrons. The lowest BCUT2D eigenvalue weighted by Crippen LogP contribution is -2.27. The third kappa shape index (κ3) is 4.42. The van der Waals surface area contributed by atoms with E-state index in [1.807, 2.05) is 13.8 Å². The van der Waals surface area contributed by atoms with E-state index in [1.54, 1.807) is 26.4 Å². The molecule has 30 heavy (non-hydrogen) atoms. The molecule has 0 amide bonds. The van der Waals surface area contributed by atoms with Gasteiger partial charge in [-0.05, 0) is 30.2 Å². The van der Waals surface area contributed by atoms with Gasteiger partial charge in [-0.2, -0.15) is 5.10 Å². The number of aromatic carboxylic acids is 1. The Morgan fingerprint density at radius 1 is 1.17 bits per heavy atom. The molecule has 0 saturated carbocycles. The number of aromatic nitrogens is 3. The van der Waals surface area contributed by atoms with Crippen molar-refractivity contribution >= 4 is 17.0 Å². The van der Waals surface area contributed by atoms with Gasteiger partial charge in [-0.15, -0.1) is 0 Å². The predicted molar refractivity (Wildman–Crippen MR) is 108 cm³/mol. The zero-order valence-corrected chi connectivity index (χ0v) is 17.3. The maximum atomic E-state index is 13.4. The first-order valence-electron chi connectivity index (χ1n) is 9.43. The summed E-state index contributed by atoms with van der Waals surface area (Å²) < 4.78 is 31.4. The summed E-state index contributed by atoms with van der Waals surface area (Å²) in [5, 5.41) is 14.8. The summed E-state index contributed by atoms with van der Waals surface area (Å²) in [4.78, 5) is 16.0. The van der Waals surface area contributed by atoms with Gasteiger partial charge in [-0.3, -0.25) is 0 Å². The molecule has 1 N–H and O–H groups in total. The van der Waals surface area contributed by atoms with Crippen molar-refractivity contribution < 1.29 is 28.5 Å². The van der Waals surface area contributed by atoms with Crippen molar-refractivity contribution in [2.45, 2.75) is 25.9 Å². The number of halogens is 1. The number of carbonyl (C=O) groups is 1. The van der Waals surface area contributed by atoms with E-state index < -0.39 is 12.1 Å². The molecule has 8 nitrogen and oxygen atoms in total. The van der Waals surface area contributed by atoms with Crippen molar-refractivity contribution in [3.05, 3.63) is 47.5 Å². The normalized spacial score (nSPS) is 11.6. The number of hydrogen-bond donors (Lipinski definition) is 1. The number of benzene rings is 1. The van der Waals surface area contributed by atoms with Gasteiger partial charge in [0.1, 0.15) is 17.7 Å². The minimum Gasteiger partial charge on any atom is -0.485 e. The summed E-state index contributed by atoms with van der Waals surface area (Å²) in [5.74, 6) is -1.26. The van der Waals surface area contributed by atoms with Gasteiger partial charge in [-0.1, -0.05) is 13.8 Å². The highest BCUT2D eigenvalue weighted by Crippen LogP contribution is 2.34. The number of nitrogens with zero attached hydrogens (tertiary/aromatic N) is 3. The SMILES string of the molecule is COCC(COC)Oc1cc(C(=O)O)nc2c1c(C(C)C)nn2-c1ccc(F)cc1. The van der Waals surface area contributed by atoms with E-state index in [9.17, 15) is 14.3 Å². The van der Waals surface area contributed by atoms with Crippen LogP contribution in [-0.2, 0) is 9.47 Å². The van der Waals surface area contributed by atoms with Gasteiger partial charge < -0.3 is 19.3 Å². The highest BCUT2D eigenvalue weighted by molar-refractivity contribution is 5.94. The first-order chi connectivity index (χ1) is 14.3. The Labute approximate surface area is 173 Å². The molecule has 0 bridgehead atoms. The lowest BCUT2D eigenvalue weighted by molar-refractivity contribution is 0.0251. The molecule has 0 atom stereocenters. The van der Waals surface area contributed by atoms with Gasteiger partial charge in [-0.25, -0.2) is 18.9 Å². The van der Waals surface area contributed by atoms with E-state index in [4.69, 9.17) is 14.2 Å². The maximum Gasteiger partial charge on any atom is 0.354 e. The summed E-state index contributed by atoms with van der Waals surface area (Å²) in [5.41, 5.74) is 1.36. The summed E-state index contributed by atoms with van der Waals surface area (Å²) in [6.07, 6.45) is -0.457. The molecule has 3 aromatic rings. The number of carboxylic acids is 1. The first-order valence-corrected chi connectivity index (χ1v) is 9.43. The highest BCUT2D eigenvalue weighted by atomic mass is 19.1. The molecule has 3 rings (SSSR count). The molecule has 0 fully saturated rings. The molecule has 9 heteroatoms. The van der Waals surface area contributed by atoms with Crippen LogP contribution in [0.1, 0.15) is 35.9 Å². The van der Waals surface area contributed by atoms with E-state index in [2.05, 4.69) is 10.1 Å². The van der Waals surface area contributed by atoms with Crippen LogP contribution >= 0.6 is 0 Å². The average molecular weight is 417 g/mol.